The number of carbonyl (C=O) groups is 1. The van der Waals surface area contributed by atoms with Gasteiger partial charge in [-0.3, -0.25) is 4.79 Å². The smallest absolute Gasteiger partial charge is 0.263 e. The monoisotopic (exact) mass is 343 g/mol. The second-order valence-corrected chi connectivity index (χ2v) is 7.16. The van der Waals surface area contributed by atoms with Crippen LogP contribution >= 0.6 is 0 Å². The summed E-state index contributed by atoms with van der Waals surface area (Å²) in [6.45, 7) is 3.85. The van der Waals surface area contributed by atoms with Crippen LogP contribution in [0.1, 0.15) is 37.1 Å². The molecule has 0 aliphatic carbocycles. The van der Waals surface area contributed by atoms with Crippen molar-refractivity contribution in [2.24, 2.45) is 0 Å². The van der Waals surface area contributed by atoms with Crippen LogP contribution in [0.5, 0.6) is 0 Å². The lowest BCUT2D eigenvalue weighted by molar-refractivity contribution is -0.132. The molecule has 2 aromatic rings. The van der Waals surface area contributed by atoms with Crippen molar-refractivity contribution in [3.05, 3.63) is 29.9 Å². The molecule has 134 valence electrons. The molecule has 0 spiro atoms. The zero-order valence-corrected chi connectivity index (χ0v) is 14.9. The Kier molecular flexibility index (Phi) is 4.37. The van der Waals surface area contributed by atoms with Crippen LogP contribution in [-0.2, 0) is 11.2 Å². The molecule has 6 nitrogen and oxygen atoms in total. The number of rotatable bonds is 4. The van der Waals surface area contributed by atoms with Gasteiger partial charge >= 0.3 is 0 Å². The molecule has 0 unspecified atom stereocenters. The van der Waals surface area contributed by atoms with Crippen molar-refractivity contribution in [1.29, 1.82) is 0 Å². The van der Waals surface area contributed by atoms with Gasteiger partial charge < -0.3 is 18.6 Å². The van der Waals surface area contributed by atoms with Gasteiger partial charge in [0.15, 0.2) is 5.76 Å². The summed E-state index contributed by atoms with van der Waals surface area (Å²) in [5, 5.41) is 0. The van der Waals surface area contributed by atoms with E-state index >= 15 is 0 Å². The van der Waals surface area contributed by atoms with Crippen LogP contribution in [0.15, 0.2) is 27.2 Å². The predicted octanol–water partition coefficient (Wildman–Crippen LogP) is 2.87. The third-order valence-electron chi connectivity index (χ3n) is 5.58. The Morgan fingerprint density at radius 3 is 2.80 bits per heavy atom. The minimum atomic E-state index is 0.158. The summed E-state index contributed by atoms with van der Waals surface area (Å²) in [7, 11) is 2.18. The molecule has 2 fully saturated rings. The van der Waals surface area contributed by atoms with Crippen molar-refractivity contribution < 1.29 is 13.6 Å². The van der Waals surface area contributed by atoms with Gasteiger partial charge in [0.2, 0.25) is 5.91 Å². The number of amides is 1. The summed E-state index contributed by atoms with van der Waals surface area (Å²) in [5.41, 5.74) is 0.710. The second kappa shape index (κ2) is 6.67. The number of hydrogen-bond acceptors (Lipinski definition) is 5. The Morgan fingerprint density at radius 1 is 1.28 bits per heavy atom. The fourth-order valence-corrected chi connectivity index (χ4v) is 4.27. The summed E-state index contributed by atoms with van der Waals surface area (Å²) < 4.78 is 11.0. The Balaban J connectivity index is 1.48. The van der Waals surface area contributed by atoms with E-state index in [4.69, 9.17) is 8.83 Å². The second-order valence-electron chi connectivity index (χ2n) is 7.16. The van der Waals surface area contributed by atoms with Crippen LogP contribution in [0.3, 0.4) is 0 Å². The lowest BCUT2D eigenvalue weighted by Gasteiger charge is -2.33. The van der Waals surface area contributed by atoms with E-state index in [1.807, 2.05) is 13.0 Å². The van der Waals surface area contributed by atoms with Gasteiger partial charge in [0.05, 0.1) is 18.4 Å². The molecule has 0 radical (unpaired) electrons. The number of hydrogen-bond donors (Lipinski definition) is 0. The van der Waals surface area contributed by atoms with Crippen molar-refractivity contribution in [1.82, 2.24) is 14.8 Å². The Morgan fingerprint density at radius 2 is 2.08 bits per heavy atom. The molecular formula is C19H25N3O3. The standard InChI is InChI=1S/C19H25N3O3/c1-13-14(20-19(25-13)17-8-5-11-24-17)12-18(23)22-10-4-7-16(22)15-6-3-9-21(15)2/h5,8,11,15-16H,3-4,6-7,9-10,12H2,1-2H3/t15-,16+/m0/s1. The van der Waals surface area contributed by atoms with Crippen LogP contribution in [0.2, 0.25) is 0 Å². The minimum Gasteiger partial charge on any atom is -0.459 e. The molecule has 1 amide bonds. The molecule has 0 N–H and O–H groups in total. The zero-order chi connectivity index (χ0) is 17.4. The van der Waals surface area contributed by atoms with Gasteiger partial charge in [-0.05, 0) is 58.3 Å². The normalized spacial score (nSPS) is 24.3. The Bertz CT molecular complexity index is 737. The van der Waals surface area contributed by atoms with Crippen molar-refractivity contribution >= 4 is 5.91 Å². The quantitative estimate of drug-likeness (QED) is 0.854. The molecular weight excluding hydrogens is 318 g/mol. The molecule has 0 saturated carbocycles. The predicted molar refractivity (Wildman–Crippen MR) is 93.0 cm³/mol. The maximum absolute atomic E-state index is 12.9. The number of furan rings is 1. The minimum absolute atomic E-state index is 0.158. The number of oxazole rings is 1. The van der Waals surface area contributed by atoms with Crippen LogP contribution in [0.4, 0.5) is 0 Å². The fraction of sp³-hybridized carbons (Fsp3) is 0.579. The van der Waals surface area contributed by atoms with Crippen molar-refractivity contribution in [3.8, 4) is 11.7 Å². The molecule has 25 heavy (non-hydrogen) atoms. The van der Waals surface area contributed by atoms with Gasteiger partial charge in [-0.25, -0.2) is 4.98 Å². The van der Waals surface area contributed by atoms with E-state index in [2.05, 4.69) is 21.8 Å². The van der Waals surface area contributed by atoms with Crippen LogP contribution in [0, 0.1) is 6.92 Å². The number of likely N-dealkylation sites (N-methyl/N-ethyl adjacent to an activating group) is 1. The van der Waals surface area contributed by atoms with E-state index in [0.717, 1.165) is 25.9 Å². The molecule has 2 aromatic heterocycles. The van der Waals surface area contributed by atoms with Gasteiger partial charge in [0, 0.05) is 18.6 Å². The molecule has 2 saturated heterocycles. The first-order chi connectivity index (χ1) is 12.1. The van der Waals surface area contributed by atoms with E-state index < -0.39 is 0 Å². The number of likely N-dealkylation sites (tertiary alicyclic amines) is 2. The largest absolute Gasteiger partial charge is 0.459 e. The molecule has 2 aliphatic rings. The number of aromatic nitrogens is 1. The highest BCUT2D eigenvalue weighted by molar-refractivity contribution is 5.79. The number of carbonyl (C=O) groups excluding carboxylic acids is 1. The SMILES string of the molecule is Cc1oc(-c2ccco2)nc1CC(=O)N1CCC[C@@H]1[C@@H]1CCCN1C. The highest BCUT2D eigenvalue weighted by Gasteiger charge is 2.38. The summed E-state index contributed by atoms with van der Waals surface area (Å²) in [6.07, 6.45) is 6.51. The maximum Gasteiger partial charge on any atom is 0.263 e. The van der Waals surface area contributed by atoms with Crippen molar-refractivity contribution in [2.45, 2.75) is 51.1 Å². The van der Waals surface area contributed by atoms with Crippen LogP contribution in [0.25, 0.3) is 11.7 Å². The van der Waals surface area contributed by atoms with E-state index in [0.29, 0.717) is 41.6 Å². The summed E-state index contributed by atoms with van der Waals surface area (Å²) in [6, 6.07) is 4.45. The molecule has 4 rings (SSSR count). The van der Waals surface area contributed by atoms with Crippen molar-refractivity contribution in [2.75, 3.05) is 20.1 Å². The molecule has 0 aromatic carbocycles. The first-order valence-corrected chi connectivity index (χ1v) is 9.13. The first-order valence-electron chi connectivity index (χ1n) is 9.13. The van der Waals surface area contributed by atoms with E-state index in [9.17, 15) is 4.79 Å². The lowest BCUT2D eigenvalue weighted by Crippen LogP contribution is -2.47. The van der Waals surface area contributed by atoms with E-state index in [1.54, 1.807) is 12.3 Å². The third-order valence-corrected chi connectivity index (χ3v) is 5.58. The fourth-order valence-electron chi connectivity index (χ4n) is 4.27. The summed E-state index contributed by atoms with van der Waals surface area (Å²) >= 11 is 0. The molecule has 2 atom stereocenters. The summed E-state index contributed by atoms with van der Waals surface area (Å²) in [4.78, 5) is 21.9. The van der Waals surface area contributed by atoms with Gasteiger partial charge in [-0.2, -0.15) is 0 Å². The summed E-state index contributed by atoms with van der Waals surface area (Å²) in [5.74, 6) is 1.88. The highest BCUT2D eigenvalue weighted by Crippen LogP contribution is 2.30. The zero-order valence-electron chi connectivity index (χ0n) is 14.9. The van der Waals surface area contributed by atoms with Crippen molar-refractivity contribution in [3.63, 3.8) is 0 Å². The number of aryl methyl sites for hydroxylation is 1. The average Bonchev–Trinajstić information content (AvgIpc) is 3.34. The highest BCUT2D eigenvalue weighted by atomic mass is 16.4. The van der Waals surface area contributed by atoms with Gasteiger partial charge in [0.1, 0.15) is 5.76 Å². The topological polar surface area (TPSA) is 62.7 Å². The Labute approximate surface area is 147 Å². The molecule has 0 bridgehead atoms. The maximum atomic E-state index is 12.9. The van der Waals surface area contributed by atoms with Crippen LogP contribution < -0.4 is 0 Å². The van der Waals surface area contributed by atoms with Crippen LogP contribution in [-0.4, -0.2) is 52.9 Å². The van der Waals surface area contributed by atoms with E-state index in [1.165, 1.54) is 12.8 Å². The Hall–Kier alpha value is -2.08. The third kappa shape index (κ3) is 3.11. The van der Waals surface area contributed by atoms with Gasteiger partial charge in [-0.15, -0.1) is 0 Å². The first kappa shape index (κ1) is 16.4. The lowest BCUT2D eigenvalue weighted by atomic mass is 10.0. The van der Waals surface area contributed by atoms with Gasteiger partial charge in [0.25, 0.3) is 5.89 Å². The average molecular weight is 343 g/mol. The van der Waals surface area contributed by atoms with E-state index in [-0.39, 0.29) is 5.91 Å². The molecule has 4 heterocycles. The molecule has 6 heteroatoms. The van der Waals surface area contributed by atoms with Gasteiger partial charge in [-0.1, -0.05) is 0 Å². The molecule has 2 aliphatic heterocycles. The number of nitrogens with zero attached hydrogens (tertiary/aromatic N) is 3.